The van der Waals surface area contributed by atoms with Crippen LogP contribution >= 0.6 is 15.9 Å². The molecule has 144 valence electrons. The van der Waals surface area contributed by atoms with Crippen LogP contribution in [0.4, 0.5) is 5.82 Å². The van der Waals surface area contributed by atoms with Gasteiger partial charge in [0.05, 0.1) is 4.95 Å². The van der Waals surface area contributed by atoms with E-state index in [1.165, 1.54) is 11.1 Å². The number of rotatable bonds is 6. The third-order valence-electron chi connectivity index (χ3n) is 4.80. The first-order valence-corrected chi connectivity index (χ1v) is 10.5. The Balaban J connectivity index is 1.71. The minimum Gasteiger partial charge on any atom is -0.356 e. The number of anilines is 1. The van der Waals surface area contributed by atoms with Crippen molar-refractivity contribution in [1.29, 1.82) is 0 Å². The molecule has 1 unspecified atom stereocenters. The van der Waals surface area contributed by atoms with Crippen LogP contribution in [-0.4, -0.2) is 16.5 Å². The van der Waals surface area contributed by atoms with Crippen molar-refractivity contribution in [3.63, 3.8) is 0 Å². The average molecular weight is 444 g/mol. The van der Waals surface area contributed by atoms with Gasteiger partial charge in [0, 0.05) is 23.9 Å². The Labute approximate surface area is 179 Å². The third kappa shape index (κ3) is 4.56. The molecule has 0 saturated heterocycles. The van der Waals surface area contributed by atoms with Crippen LogP contribution in [0.1, 0.15) is 0 Å². The summed E-state index contributed by atoms with van der Waals surface area (Å²) in [5, 5.41) is 3.35. The highest BCUT2D eigenvalue weighted by Gasteiger charge is 2.12. The molecule has 0 fully saturated rings. The van der Waals surface area contributed by atoms with Gasteiger partial charge in [-0.25, -0.2) is 4.98 Å². The first kappa shape index (κ1) is 19.4. The molecule has 0 bridgehead atoms. The van der Waals surface area contributed by atoms with Gasteiger partial charge in [0.2, 0.25) is 0 Å². The number of pyridine rings is 1. The second-order valence-electron chi connectivity index (χ2n) is 6.78. The first-order valence-electron chi connectivity index (χ1n) is 9.56. The van der Waals surface area contributed by atoms with Gasteiger partial charge >= 0.3 is 0 Å². The summed E-state index contributed by atoms with van der Waals surface area (Å²) in [6.45, 7) is 0.471. The molecule has 0 radical (unpaired) electrons. The summed E-state index contributed by atoms with van der Waals surface area (Å²) in [6.07, 6.45) is 1.91. The molecule has 0 amide bonds. The van der Waals surface area contributed by atoms with Crippen molar-refractivity contribution in [3.8, 4) is 33.4 Å². The second kappa shape index (κ2) is 9.03. The highest BCUT2D eigenvalue weighted by atomic mass is 79.9. The van der Waals surface area contributed by atoms with Gasteiger partial charge < -0.3 is 11.1 Å². The molecule has 1 atom stereocenters. The number of halogens is 1. The lowest BCUT2D eigenvalue weighted by atomic mass is 9.98. The molecule has 3 nitrogen and oxygen atoms in total. The van der Waals surface area contributed by atoms with Gasteiger partial charge in [0.25, 0.3) is 0 Å². The van der Waals surface area contributed by atoms with E-state index in [9.17, 15) is 0 Å². The molecule has 3 N–H and O–H groups in total. The molecule has 1 heterocycles. The van der Waals surface area contributed by atoms with Crippen molar-refractivity contribution in [2.24, 2.45) is 5.73 Å². The molecule has 4 heteroatoms. The fourth-order valence-corrected chi connectivity index (χ4v) is 3.49. The van der Waals surface area contributed by atoms with E-state index in [-0.39, 0.29) is 4.95 Å². The highest BCUT2D eigenvalue weighted by Crippen LogP contribution is 2.32. The van der Waals surface area contributed by atoms with Gasteiger partial charge in [-0.1, -0.05) is 101 Å². The van der Waals surface area contributed by atoms with Crippen molar-refractivity contribution in [2.75, 3.05) is 11.9 Å². The number of nitrogens with one attached hydrogen (secondary N) is 1. The van der Waals surface area contributed by atoms with E-state index in [1.54, 1.807) is 0 Å². The van der Waals surface area contributed by atoms with Crippen LogP contribution in [0.15, 0.2) is 97.2 Å². The van der Waals surface area contributed by atoms with E-state index in [0.717, 1.165) is 28.1 Å². The van der Waals surface area contributed by atoms with E-state index in [4.69, 9.17) is 10.7 Å². The first-order chi connectivity index (χ1) is 14.2. The Kier molecular flexibility index (Phi) is 6.03. The molecule has 0 saturated carbocycles. The molecule has 0 aliphatic heterocycles. The maximum absolute atomic E-state index is 5.75. The molecule has 4 rings (SSSR count). The molecule has 3 aromatic carbocycles. The van der Waals surface area contributed by atoms with Gasteiger partial charge in [0.15, 0.2) is 0 Å². The summed E-state index contributed by atoms with van der Waals surface area (Å²) in [4.78, 5) is 4.67. The summed E-state index contributed by atoms with van der Waals surface area (Å²) in [5.74, 6) is 0.813. The highest BCUT2D eigenvalue weighted by molar-refractivity contribution is 9.09. The lowest BCUT2D eigenvalue weighted by Crippen LogP contribution is -2.23. The standard InChI is InChI=1S/C25H22BrN3/c26-24(16-27)29-25-23(21-9-5-2-6-10-21)15-22(17-28-25)20-13-11-19(12-14-20)18-7-3-1-4-8-18/h1-15,17,24H,16,27H2,(H,28,29). The van der Waals surface area contributed by atoms with Crippen LogP contribution in [0.25, 0.3) is 33.4 Å². The number of hydrogen-bond donors (Lipinski definition) is 2. The summed E-state index contributed by atoms with van der Waals surface area (Å²) in [6, 6.07) is 31.5. The molecule has 0 aliphatic carbocycles. The summed E-state index contributed by atoms with van der Waals surface area (Å²) in [7, 11) is 0. The Morgan fingerprint density at radius 2 is 1.24 bits per heavy atom. The van der Waals surface area contributed by atoms with E-state index in [1.807, 2.05) is 30.5 Å². The molecule has 29 heavy (non-hydrogen) atoms. The fourth-order valence-electron chi connectivity index (χ4n) is 3.27. The minimum absolute atomic E-state index is 0.0338. The molecule has 4 aromatic rings. The third-order valence-corrected chi connectivity index (χ3v) is 5.40. The Morgan fingerprint density at radius 3 is 1.83 bits per heavy atom. The van der Waals surface area contributed by atoms with Gasteiger partial charge in [-0.15, -0.1) is 0 Å². The van der Waals surface area contributed by atoms with E-state index in [0.29, 0.717) is 6.54 Å². The second-order valence-corrected chi connectivity index (χ2v) is 7.88. The summed E-state index contributed by atoms with van der Waals surface area (Å²) >= 11 is 3.54. The van der Waals surface area contributed by atoms with E-state index in [2.05, 4.69) is 88.0 Å². The van der Waals surface area contributed by atoms with Crippen molar-refractivity contribution < 1.29 is 0 Å². The number of alkyl halides is 1. The zero-order valence-corrected chi connectivity index (χ0v) is 17.5. The van der Waals surface area contributed by atoms with Crippen LogP contribution in [0.3, 0.4) is 0 Å². The number of benzene rings is 3. The number of aromatic nitrogens is 1. The zero-order valence-electron chi connectivity index (χ0n) is 15.9. The fraction of sp³-hybridized carbons (Fsp3) is 0.0800. The molecular formula is C25H22BrN3. The Bertz CT molecular complexity index is 1060. The molecule has 0 aliphatic rings. The van der Waals surface area contributed by atoms with Gasteiger partial charge in [-0.05, 0) is 28.3 Å². The Hall–Kier alpha value is -2.95. The van der Waals surface area contributed by atoms with E-state index >= 15 is 0 Å². The molecule has 0 spiro atoms. The topological polar surface area (TPSA) is 50.9 Å². The summed E-state index contributed by atoms with van der Waals surface area (Å²) in [5.41, 5.74) is 12.5. The average Bonchev–Trinajstić information content (AvgIpc) is 2.80. The monoisotopic (exact) mass is 443 g/mol. The predicted molar refractivity (Wildman–Crippen MR) is 126 cm³/mol. The van der Waals surface area contributed by atoms with Gasteiger partial charge in [-0.3, -0.25) is 0 Å². The smallest absolute Gasteiger partial charge is 0.134 e. The molecule has 1 aromatic heterocycles. The number of nitrogens with two attached hydrogens (primary N) is 1. The molecular weight excluding hydrogens is 422 g/mol. The van der Waals surface area contributed by atoms with Gasteiger partial charge in [-0.2, -0.15) is 0 Å². The quantitative estimate of drug-likeness (QED) is 0.276. The minimum atomic E-state index is -0.0338. The normalized spacial score (nSPS) is 11.8. The zero-order chi connectivity index (χ0) is 20.1. The van der Waals surface area contributed by atoms with E-state index < -0.39 is 0 Å². The van der Waals surface area contributed by atoms with Crippen LogP contribution in [0.2, 0.25) is 0 Å². The lowest BCUT2D eigenvalue weighted by Gasteiger charge is -2.16. The van der Waals surface area contributed by atoms with Gasteiger partial charge in [0.1, 0.15) is 5.82 Å². The van der Waals surface area contributed by atoms with Crippen molar-refractivity contribution in [2.45, 2.75) is 4.95 Å². The van der Waals surface area contributed by atoms with Crippen LogP contribution < -0.4 is 11.1 Å². The maximum Gasteiger partial charge on any atom is 0.134 e. The van der Waals surface area contributed by atoms with Crippen molar-refractivity contribution in [1.82, 2.24) is 4.98 Å². The predicted octanol–water partition coefficient (Wildman–Crippen LogP) is 6.17. The number of hydrogen-bond acceptors (Lipinski definition) is 3. The van der Waals surface area contributed by atoms with Crippen LogP contribution in [-0.2, 0) is 0 Å². The van der Waals surface area contributed by atoms with Crippen molar-refractivity contribution >= 4 is 21.7 Å². The maximum atomic E-state index is 5.75. The number of nitrogens with zero attached hydrogens (tertiary/aromatic N) is 1. The largest absolute Gasteiger partial charge is 0.356 e. The van der Waals surface area contributed by atoms with Crippen molar-refractivity contribution in [3.05, 3.63) is 97.2 Å². The summed E-state index contributed by atoms with van der Waals surface area (Å²) < 4.78 is 0. The SMILES string of the molecule is NCC(Br)Nc1ncc(-c2ccc(-c3ccccc3)cc2)cc1-c1ccccc1. The Morgan fingerprint density at radius 1 is 0.724 bits per heavy atom. The van der Waals surface area contributed by atoms with Crippen LogP contribution in [0.5, 0.6) is 0 Å². The van der Waals surface area contributed by atoms with Crippen LogP contribution in [0, 0.1) is 0 Å². The lowest BCUT2D eigenvalue weighted by molar-refractivity contribution is 0.969.